The van der Waals surface area contributed by atoms with E-state index in [-0.39, 0.29) is 11.7 Å². The average Bonchev–Trinajstić information content (AvgIpc) is 3.26. The predicted octanol–water partition coefficient (Wildman–Crippen LogP) is 2.19. The van der Waals surface area contributed by atoms with Crippen molar-refractivity contribution < 1.29 is 19.0 Å². The minimum absolute atomic E-state index is 0.275. The molecule has 28 heavy (non-hydrogen) atoms. The number of aromatic amines is 1. The summed E-state index contributed by atoms with van der Waals surface area (Å²) in [5.41, 5.74) is 1.34. The Hall–Kier alpha value is -3.62. The molecule has 1 heterocycles. The number of ether oxygens (including phenoxy) is 3. The number of H-pyrrole nitrogens is 1. The summed E-state index contributed by atoms with van der Waals surface area (Å²) < 4.78 is 16.0. The molecule has 1 amide bonds. The van der Waals surface area contributed by atoms with Crippen LogP contribution in [0, 0.1) is 0 Å². The summed E-state index contributed by atoms with van der Waals surface area (Å²) in [5.74, 6) is 1.13. The Morgan fingerprint density at radius 2 is 1.86 bits per heavy atom. The highest BCUT2D eigenvalue weighted by Crippen LogP contribution is 2.30. The number of benzene rings is 2. The van der Waals surface area contributed by atoms with E-state index in [0.717, 1.165) is 5.56 Å². The predicted molar refractivity (Wildman–Crippen MR) is 102 cm³/mol. The molecule has 0 saturated carbocycles. The Balaban J connectivity index is 1.91. The molecule has 0 aliphatic carbocycles. The van der Waals surface area contributed by atoms with Gasteiger partial charge in [-0.15, -0.1) is 10.2 Å². The number of nitrogens with one attached hydrogen (secondary N) is 2. The van der Waals surface area contributed by atoms with Crippen LogP contribution in [0.5, 0.6) is 17.2 Å². The monoisotopic (exact) mass is 383 g/mol. The highest BCUT2D eigenvalue weighted by atomic mass is 16.5. The summed E-state index contributed by atoms with van der Waals surface area (Å²) in [6.07, 6.45) is 0.293. The number of para-hydroxylation sites is 2. The number of hydrogen-bond acceptors (Lipinski definition) is 7. The van der Waals surface area contributed by atoms with Crippen molar-refractivity contribution in [1.82, 2.24) is 20.6 Å². The average molecular weight is 383 g/mol. The van der Waals surface area contributed by atoms with E-state index >= 15 is 0 Å². The molecule has 9 heteroatoms. The van der Waals surface area contributed by atoms with Gasteiger partial charge in [0.1, 0.15) is 23.2 Å². The van der Waals surface area contributed by atoms with Crippen molar-refractivity contribution in [2.24, 2.45) is 0 Å². The molecule has 0 aliphatic rings. The summed E-state index contributed by atoms with van der Waals surface area (Å²) in [5, 5.41) is 16.9. The van der Waals surface area contributed by atoms with Crippen molar-refractivity contribution in [2.45, 2.75) is 12.3 Å². The first-order valence-electron chi connectivity index (χ1n) is 8.54. The van der Waals surface area contributed by atoms with Crippen LogP contribution in [0.25, 0.3) is 0 Å². The molecule has 2 aromatic carbocycles. The van der Waals surface area contributed by atoms with Crippen LogP contribution < -0.4 is 19.5 Å². The van der Waals surface area contributed by atoms with Crippen LogP contribution in [0.3, 0.4) is 0 Å². The molecule has 146 valence electrons. The zero-order valence-electron chi connectivity index (χ0n) is 15.8. The molecular formula is C19H21N5O4. The maximum atomic E-state index is 13.1. The largest absolute Gasteiger partial charge is 0.497 e. The molecule has 0 unspecified atom stereocenters. The highest BCUT2D eigenvalue weighted by Gasteiger charge is 2.27. The van der Waals surface area contributed by atoms with Gasteiger partial charge in [0.15, 0.2) is 5.82 Å². The Labute approximate surface area is 162 Å². The van der Waals surface area contributed by atoms with E-state index in [2.05, 4.69) is 25.9 Å². The first-order chi connectivity index (χ1) is 13.7. The number of tetrazole rings is 1. The lowest BCUT2D eigenvalue weighted by Gasteiger charge is -2.17. The first-order valence-corrected chi connectivity index (χ1v) is 8.54. The van der Waals surface area contributed by atoms with E-state index in [1.807, 2.05) is 18.2 Å². The van der Waals surface area contributed by atoms with Crippen LogP contribution in [0.15, 0.2) is 42.5 Å². The van der Waals surface area contributed by atoms with Gasteiger partial charge in [-0.25, -0.2) is 0 Å². The smallest absolute Gasteiger partial charge is 0.235 e. The third-order valence-corrected chi connectivity index (χ3v) is 4.27. The lowest BCUT2D eigenvalue weighted by Crippen LogP contribution is -2.24. The Kier molecular flexibility index (Phi) is 6.05. The van der Waals surface area contributed by atoms with Crippen LogP contribution in [0.4, 0.5) is 5.69 Å². The van der Waals surface area contributed by atoms with E-state index in [0.29, 0.717) is 29.4 Å². The minimum atomic E-state index is -0.704. The molecule has 9 nitrogen and oxygen atoms in total. The standard InChI is InChI=1S/C19H21N5O4/c1-26-13-8-9-16(27-2)12(10-13)11-14(18-21-23-24-22-18)19(25)20-15-6-4-5-7-17(15)28-3/h4-10,14H,11H2,1-3H3,(H,20,25)(H,21,22,23,24)/t14-/m0/s1. The van der Waals surface area contributed by atoms with Crippen LogP contribution in [0.1, 0.15) is 17.3 Å². The van der Waals surface area contributed by atoms with Gasteiger partial charge in [0.25, 0.3) is 0 Å². The van der Waals surface area contributed by atoms with Gasteiger partial charge in [0.05, 0.1) is 27.0 Å². The number of rotatable bonds is 8. The van der Waals surface area contributed by atoms with Gasteiger partial charge >= 0.3 is 0 Å². The van der Waals surface area contributed by atoms with Gasteiger partial charge in [-0.1, -0.05) is 17.3 Å². The van der Waals surface area contributed by atoms with Crippen molar-refractivity contribution in [3.63, 3.8) is 0 Å². The van der Waals surface area contributed by atoms with Crippen molar-refractivity contribution in [3.05, 3.63) is 53.9 Å². The number of nitrogens with zero attached hydrogens (tertiary/aromatic N) is 3. The quantitative estimate of drug-likeness (QED) is 0.613. The molecule has 2 N–H and O–H groups in total. The summed E-state index contributed by atoms with van der Waals surface area (Å²) in [6, 6.07) is 12.6. The van der Waals surface area contributed by atoms with Gasteiger partial charge in [0, 0.05) is 0 Å². The second-order valence-electron chi connectivity index (χ2n) is 5.89. The lowest BCUT2D eigenvalue weighted by atomic mass is 9.96. The third-order valence-electron chi connectivity index (χ3n) is 4.27. The van der Waals surface area contributed by atoms with E-state index in [1.165, 1.54) is 0 Å². The lowest BCUT2D eigenvalue weighted by molar-refractivity contribution is -0.117. The first kappa shape index (κ1) is 19.2. The topological polar surface area (TPSA) is 111 Å². The second kappa shape index (κ2) is 8.85. The number of carbonyl (C=O) groups excluding carboxylic acids is 1. The Morgan fingerprint density at radius 1 is 1.07 bits per heavy atom. The van der Waals surface area contributed by atoms with Crippen molar-refractivity contribution in [1.29, 1.82) is 0 Å². The van der Waals surface area contributed by atoms with E-state index < -0.39 is 5.92 Å². The molecule has 1 aromatic heterocycles. The van der Waals surface area contributed by atoms with E-state index in [4.69, 9.17) is 14.2 Å². The van der Waals surface area contributed by atoms with Gasteiger partial charge < -0.3 is 19.5 Å². The zero-order valence-corrected chi connectivity index (χ0v) is 15.8. The Bertz CT molecular complexity index is 930. The number of methoxy groups -OCH3 is 3. The van der Waals surface area contributed by atoms with Gasteiger partial charge in [0.2, 0.25) is 5.91 Å². The number of carbonyl (C=O) groups is 1. The van der Waals surface area contributed by atoms with Gasteiger partial charge in [-0.05, 0) is 42.3 Å². The SMILES string of the molecule is COc1ccc(OC)c(C[C@H](C(=O)Nc2ccccc2OC)c2nn[nH]n2)c1. The molecule has 0 aliphatic heterocycles. The molecule has 0 saturated heterocycles. The normalized spacial score (nSPS) is 11.5. The fourth-order valence-corrected chi connectivity index (χ4v) is 2.85. The Morgan fingerprint density at radius 3 is 2.54 bits per heavy atom. The maximum absolute atomic E-state index is 13.1. The fourth-order valence-electron chi connectivity index (χ4n) is 2.85. The third kappa shape index (κ3) is 4.20. The highest BCUT2D eigenvalue weighted by molar-refractivity contribution is 5.96. The number of amides is 1. The summed E-state index contributed by atoms with van der Waals surface area (Å²) in [4.78, 5) is 13.1. The van der Waals surface area contributed by atoms with Crippen LogP contribution in [-0.2, 0) is 11.2 Å². The summed E-state index contributed by atoms with van der Waals surface area (Å²) in [7, 11) is 4.70. The van der Waals surface area contributed by atoms with Crippen molar-refractivity contribution in [2.75, 3.05) is 26.6 Å². The van der Waals surface area contributed by atoms with E-state index in [9.17, 15) is 4.79 Å². The zero-order chi connectivity index (χ0) is 19.9. The molecule has 3 aromatic rings. The van der Waals surface area contributed by atoms with Crippen molar-refractivity contribution in [3.8, 4) is 17.2 Å². The molecule has 0 bridgehead atoms. The second-order valence-corrected chi connectivity index (χ2v) is 5.89. The van der Waals surface area contributed by atoms with Gasteiger partial charge in [-0.3, -0.25) is 4.79 Å². The molecular weight excluding hydrogens is 362 g/mol. The minimum Gasteiger partial charge on any atom is -0.497 e. The van der Waals surface area contributed by atoms with E-state index in [1.54, 1.807) is 45.6 Å². The van der Waals surface area contributed by atoms with Gasteiger partial charge in [-0.2, -0.15) is 5.21 Å². The fraction of sp³-hybridized carbons (Fsp3) is 0.263. The maximum Gasteiger partial charge on any atom is 0.235 e. The number of hydrogen-bond donors (Lipinski definition) is 2. The number of aromatic nitrogens is 4. The summed E-state index contributed by atoms with van der Waals surface area (Å²) in [6.45, 7) is 0. The summed E-state index contributed by atoms with van der Waals surface area (Å²) >= 11 is 0. The molecule has 3 rings (SSSR count). The van der Waals surface area contributed by atoms with Crippen LogP contribution in [-0.4, -0.2) is 47.9 Å². The van der Waals surface area contributed by atoms with Crippen LogP contribution in [0.2, 0.25) is 0 Å². The molecule has 0 fully saturated rings. The number of anilines is 1. The molecule has 0 radical (unpaired) electrons. The molecule has 0 spiro atoms. The molecule has 1 atom stereocenters. The van der Waals surface area contributed by atoms with Crippen molar-refractivity contribution >= 4 is 11.6 Å². The van der Waals surface area contributed by atoms with Crippen LogP contribution >= 0.6 is 0 Å².